The monoisotopic (exact) mass is 447 g/mol. The molecule has 0 bridgehead atoms. The fraction of sp³-hybridized carbons (Fsp3) is 0.400. The zero-order valence-corrected chi connectivity index (χ0v) is 19.4. The Labute approximate surface area is 194 Å². The molecule has 0 spiro atoms. The maximum atomic E-state index is 5.97. The third-order valence-electron chi connectivity index (χ3n) is 6.62. The van der Waals surface area contributed by atoms with E-state index in [9.17, 15) is 0 Å². The van der Waals surface area contributed by atoms with E-state index in [4.69, 9.17) is 17.0 Å². The quantitative estimate of drug-likeness (QED) is 0.575. The largest absolute Gasteiger partial charge is 0.376 e. The van der Waals surface area contributed by atoms with E-state index in [0.717, 1.165) is 43.3 Å². The van der Waals surface area contributed by atoms with Gasteiger partial charge in [0.15, 0.2) is 5.11 Å². The fourth-order valence-corrected chi connectivity index (χ4v) is 5.31. The van der Waals surface area contributed by atoms with Crippen molar-refractivity contribution in [2.75, 3.05) is 13.2 Å². The number of hydrogen-bond donors (Lipinski definition) is 1. The molecule has 166 valence electrons. The van der Waals surface area contributed by atoms with Crippen LogP contribution in [-0.4, -0.2) is 43.8 Å². The van der Waals surface area contributed by atoms with Crippen LogP contribution in [0.15, 0.2) is 55.0 Å². The molecule has 3 atom stereocenters. The normalized spacial score (nSPS) is 23.0. The lowest BCUT2D eigenvalue weighted by Crippen LogP contribution is -2.36. The van der Waals surface area contributed by atoms with Gasteiger partial charge in [0.25, 0.3) is 0 Å². The van der Waals surface area contributed by atoms with E-state index in [1.807, 2.05) is 36.8 Å². The van der Waals surface area contributed by atoms with Gasteiger partial charge in [0, 0.05) is 49.7 Å². The van der Waals surface area contributed by atoms with E-state index >= 15 is 0 Å². The standard InChI is InChI=1S/C25H29N5OS/c1-17-13-21(18(2)29(17)15-19-7-5-10-26-14-19)24-23(22-9-3-4-11-27-22)28-25(32)30(24)16-20-8-6-12-31-20/h3-5,7,9-11,13-14,20,23-24H,6,8,12,15-16H2,1-2H3,(H,28,32)/t20-,23-,24+/m0/s1. The number of pyridine rings is 2. The summed E-state index contributed by atoms with van der Waals surface area (Å²) in [5.41, 5.74) is 5.97. The van der Waals surface area contributed by atoms with Gasteiger partial charge in [-0.1, -0.05) is 12.1 Å². The highest BCUT2D eigenvalue weighted by Gasteiger charge is 2.42. The predicted octanol–water partition coefficient (Wildman–Crippen LogP) is 4.09. The van der Waals surface area contributed by atoms with Crippen molar-refractivity contribution in [1.29, 1.82) is 0 Å². The Morgan fingerprint density at radius 3 is 2.81 bits per heavy atom. The lowest BCUT2D eigenvalue weighted by atomic mass is 9.96. The van der Waals surface area contributed by atoms with Gasteiger partial charge in [-0.15, -0.1) is 0 Å². The first-order valence-electron chi connectivity index (χ1n) is 11.3. The second-order valence-electron chi connectivity index (χ2n) is 8.69. The third-order valence-corrected chi connectivity index (χ3v) is 6.97. The zero-order valence-electron chi connectivity index (χ0n) is 18.6. The molecule has 2 saturated heterocycles. The van der Waals surface area contributed by atoms with Gasteiger partial charge in [0.1, 0.15) is 0 Å². The summed E-state index contributed by atoms with van der Waals surface area (Å²) in [6.45, 7) is 6.82. The maximum Gasteiger partial charge on any atom is 0.170 e. The topological polar surface area (TPSA) is 55.2 Å². The third kappa shape index (κ3) is 4.02. The maximum absolute atomic E-state index is 5.97. The first-order valence-corrected chi connectivity index (χ1v) is 11.7. The van der Waals surface area contributed by atoms with Gasteiger partial charge in [-0.3, -0.25) is 9.97 Å². The van der Waals surface area contributed by atoms with E-state index < -0.39 is 0 Å². The van der Waals surface area contributed by atoms with Crippen LogP contribution < -0.4 is 5.32 Å². The summed E-state index contributed by atoms with van der Waals surface area (Å²) >= 11 is 5.83. The lowest BCUT2D eigenvalue weighted by Gasteiger charge is -2.30. The molecule has 3 aromatic rings. The summed E-state index contributed by atoms with van der Waals surface area (Å²) in [4.78, 5) is 11.3. The van der Waals surface area contributed by atoms with Gasteiger partial charge in [0.05, 0.1) is 23.9 Å². The van der Waals surface area contributed by atoms with Gasteiger partial charge < -0.3 is 19.5 Å². The number of aromatic nitrogens is 3. The molecule has 5 rings (SSSR count). The summed E-state index contributed by atoms with van der Waals surface area (Å²) in [5, 5.41) is 4.34. The Kier molecular flexibility index (Phi) is 5.93. The smallest absolute Gasteiger partial charge is 0.170 e. The Morgan fingerprint density at radius 2 is 2.09 bits per heavy atom. The summed E-state index contributed by atoms with van der Waals surface area (Å²) < 4.78 is 8.34. The SMILES string of the molecule is Cc1cc([C@@H]2[C@H](c3ccccn3)NC(=S)N2C[C@@H]2CCCO2)c(C)n1Cc1cccnc1. The Bertz CT molecular complexity index is 1080. The molecule has 5 heterocycles. The molecule has 0 aromatic carbocycles. The number of rotatable bonds is 6. The van der Waals surface area contributed by atoms with E-state index in [-0.39, 0.29) is 18.2 Å². The van der Waals surface area contributed by atoms with Crippen molar-refractivity contribution in [2.45, 2.75) is 51.4 Å². The highest BCUT2D eigenvalue weighted by atomic mass is 32.1. The second-order valence-corrected chi connectivity index (χ2v) is 9.07. The molecule has 32 heavy (non-hydrogen) atoms. The second kappa shape index (κ2) is 9.00. The van der Waals surface area contributed by atoms with Gasteiger partial charge in [-0.2, -0.15) is 0 Å². The van der Waals surface area contributed by atoms with Crippen LogP contribution >= 0.6 is 12.2 Å². The molecule has 1 N–H and O–H groups in total. The molecular weight excluding hydrogens is 418 g/mol. The van der Waals surface area contributed by atoms with Crippen molar-refractivity contribution in [2.24, 2.45) is 0 Å². The number of thiocarbonyl (C=S) groups is 1. The predicted molar refractivity (Wildman–Crippen MR) is 128 cm³/mol. The summed E-state index contributed by atoms with van der Waals surface area (Å²) in [6.07, 6.45) is 8.03. The van der Waals surface area contributed by atoms with Crippen LogP contribution in [0.1, 0.15) is 53.1 Å². The summed E-state index contributed by atoms with van der Waals surface area (Å²) in [7, 11) is 0. The fourth-order valence-electron chi connectivity index (χ4n) is 4.99. The molecule has 0 radical (unpaired) electrons. The first kappa shape index (κ1) is 21.1. The number of hydrogen-bond acceptors (Lipinski definition) is 4. The highest BCUT2D eigenvalue weighted by molar-refractivity contribution is 7.80. The van der Waals surface area contributed by atoms with Crippen LogP contribution in [0.4, 0.5) is 0 Å². The van der Waals surface area contributed by atoms with Crippen LogP contribution in [0.2, 0.25) is 0 Å². The molecule has 2 aliphatic heterocycles. The molecule has 6 nitrogen and oxygen atoms in total. The first-order chi connectivity index (χ1) is 15.6. The number of ether oxygens (including phenoxy) is 1. The van der Waals surface area contributed by atoms with Crippen molar-refractivity contribution in [3.8, 4) is 0 Å². The van der Waals surface area contributed by atoms with Crippen LogP contribution in [0.25, 0.3) is 0 Å². The summed E-state index contributed by atoms with van der Waals surface area (Å²) in [6, 6.07) is 12.6. The molecule has 0 saturated carbocycles. The van der Waals surface area contributed by atoms with Gasteiger partial charge in [-0.05, 0) is 74.3 Å². The molecular formula is C25H29N5OS. The zero-order chi connectivity index (χ0) is 22.1. The van der Waals surface area contributed by atoms with Gasteiger partial charge >= 0.3 is 0 Å². The average molecular weight is 448 g/mol. The van der Waals surface area contributed by atoms with E-state index in [1.54, 1.807) is 0 Å². The van der Waals surface area contributed by atoms with Crippen molar-refractivity contribution in [3.05, 3.63) is 83.2 Å². The average Bonchev–Trinajstić information content (AvgIpc) is 3.51. The Balaban J connectivity index is 1.53. The van der Waals surface area contributed by atoms with Crippen molar-refractivity contribution in [1.82, 2.24) is 24.8 Å². The van der Waals surface area contributed by atoms with Crippen molar-refractivity contribution < 1.29 is 4.74 Å². The van der Waals surface area contributed by atoms with Crippen molar-refractivity contribution >= 4 is 17.3 Å². The number of nitrogens with one attached hydrogen (secondary N) is 1. The molecule has 3 aromatic heterocycles. The van der Waals surface area contributed by atoms with E-state index in [1.165, 1.54) is 22.5 Å². The number of nitrogens with zero attached hydrogens (tertiary/aromatic N) is 4. The molecule has 2 fully saturated rings. The lowest BCUT2D eigenvalue weighted by molar-refractivity contribution is 0.0842. The molecule has 0 unspecified atom stereocenters. The highest BCUT2D eigenvalue weighted by Crippen LogP contribution is 2.41. The van der Waals surface area contributed by atoms with Crippen LogP contribution in [0.3, 0.4) is 0 Å². The molecule has 0 aliphatic carbocycles. The number of aryl methyl sites for hydroxylation is 1. The Hall–Kier alpha value is -2.77. The summed E-state index contributed by atoms with van der Waals surface area (Å²) in [5.74, 6) is 0. The minimum atomic E-state index is -0.00237. The van der Waals surface area contributed by atoms with Crippen LogP contribution in [0, 0.1) is 13.8 Å². The Morgan fingerprint density at radius 1 is 1.19 bits per heavy atom. The van der Waals surface area contributed by atoms with Crippen LogP contribution in [-0.2, 0) is 11.3 Å². The van der Waals surface area contributed by atoms with Crippen molar-refractivity contribution in [3.63, 3.8) is 0 Å². The minimum Gasteiger partial charge on any atom is -0.376 e. The molecule has 7 heteroatoms. The van der Waals surface area contributed by atoms with E-state index in [2.05, 4.69) is 56.8 Å². The van der Waals surface area contributed by atoms with Gasteiger partial charge in [-0.25, -0.2) is 0 Å². The molecule has 2 aliphatic rings. The van der Waals surface area contributed by atoms with Crippen LogP contribution in [0.5, 0.6) is 0 Å². The van der Waals surface area contributed by atoms with E-state index in [0.29, 0.717) is 0 Å². The minimum absolute atomic E-state index is 0.00237. The van der Waals surface area contributed by atoms with Gasteiger partial charge in [0.2, 0.25) is 0 Å². The molecule has 0 amide bonds.